The monoisotopic (exact) mass is 203 g/mol. The molecule has 1 rings (SSSR count). The van der Waals surface area contributed by atoms with Crippen molar-refractivity contribution < 1.29 is 5.11 Å². The van der Waals surface area contributed by atoms with E-state index in [1.54, 1.807) is 12.1 Å². The van der Waals surface area contributed by atoms with Crippen molar-refractivity contribution in [1.82, 2.24) is 0 Å². The van der Waals surface area contributed by atoms with Crippen molar-refractivity contribution in [3.05, 3.63) is 45.8 Å². The predicted octanol–water partition coefficient (Wildman–Crippen LogP) is 3.41. The van der Waals surface area contributed by atoms with Crippen LogP contribution in [-0.2, 0) is 0 Å². The number of phenols is 1. The van der Waals surface area contributed by atoms with E-state index in [0.29, 0.717) is 18.7 Å². The molecule has 0 aromatic heterocycles. The summed E-state index contributed by atoms with van der Waals surface area (Å²) in [4.78, 5) is 2.66. The topological polar surface area (TPSA) is 69.0 Å². The molecule has 1 aromatic carbocycles. The SMILES string of the molecule is Cc1c(O)cccc1C=CCCN=[N+]=[N-]. The van der Waals surface area contributed by atoms with Gasteiger partial charge in [-0.2, -0.15) is 0 Å². The molecule has 0 aliphatic rings. The molecule has 78 valence electrons. The van der Waals surface area contributed by atoms with E-state index in [9.17, 15) is 5.11 Å². The molecule has 0 atom stereocenters. The lowest BCUT2D eigenvalue weighted by Gasteiger charge is -2.01. The van der Waals surface area contributed by atoms with Gasteiger partial charge in [-0.25, -0.2) is 0 Å². The number of rotatable bonds is 4. The highest BCUT2D eigenvalue weighted by molar-refractivity contribution is 5.57. The minimum atomic E-state index is 0.298. The first-order chi connectivity index (χ1) is 7.25. The zero-order valence-electron chi connectivity index (χ0n) is 8.59. The van der Waals surface area contributed by atoms with Crippen LogP contribution in [0.1, 0.15) is 17.5 Å². The van der Waals surface area contributed by atoms with Crippen LogP contribution in [0.4, 0.5) is 0 Å². The van der Waals surface area contributed by atoms with E-state index in [1.165, 1.54) is 0 Å². The summed E-state index contributed by atoms with van der Waals surface area (Å²) in [6, 6.07) is 5.39. The van der Waals surface area contributed by atoms with Gasteiger partial charge in [0, 0.05) is 11.5 Å². The van der Waals surface area contributed by atoms with Crippen LogP contribution in [0.25, 0.3) is 16.5 Å². The summed E-state index contributed by atoms with van der Waals surface area (Å²) >= 11 is 0. The van der Waals surface area contributed by atoms with Crippen LogP contribution < -0.4 is 0 Å². The van der Waals surface area contributed by atoms with Gasteiger partial charge < -0.3 is 5.11 Å². The highest BCUT2D eigenvalue weighted by Gasteiger charge is 1.97. The second-order valence-corrected chi connectivity index (χ2v) is 3.14. The maximum atomic E-state index is 9.44. The van der Waals surface area contributed by atoms with Gasteiger partial charge in [-0.3, -0.25) is 0 Å². The number of hydrogen-bond donors (Lipinski definition) is 1. The Bertz CT molecular complexity index is 406. The van der Waals surface area contributed by atoms with Gasteiger partial charge in [0.05, 0.1) is 0 Å². The number of hydrogen-bond acceptors (Lipinski definition) is 2. The first kappa shape index (κ1) is 11.1. The zero-order valence-corrected chi connectivity index (χ0v) is 8.59. The molecule has 0 unspecified atom stereocenters. The molecule has 0 radical (unpaired) electrons. The Morgan fingerprint density at radius 2 is 2.33 bits per heavy atom. The average molecular weight is 203 g/mol. The summed E-state index contributed by atoms with van der Waals surface area (Å²) in [5, 5.41) is 12.9. The van der Waals surface area contributed by atoms with Crippen molar-refractivity contribution >= 4 is 6.08 Å². The fraction of sp³-hybridized carbons (Fsp3) is 0.273. The molecule has 15 heavy (non-hydrogen) atoms. The number of benzene rings is 1. The molecule has 1 N–H and O–H groups in total. The van der Waals surface area contributed by atoms with Crippen LogP contribution >= 0.6 is 0 Å². The minimum absolute atomic E-state index is 0.298. The third-order valence-corrected chi connectivity index (χ3v) is 2.10. The third-order valence-electron chi connectivity index (χ3n) is 2.10. The largest absolute Gasteiger partial charge is 0.508 e. The minimum Gasteiger partial charge on any atom is -0.508 e. The Morgan fingerprint density at radius 1 is 1.53 bits per heavy atom. The van der Waals surface area contributed by atoms with Crippen molar-refractivity contribution in [2.45, 2.75) is 13.3 Å². The number of aromatic hydroxyl groups is 1. The number of azide groups is 1. The van der Waals surface area contributed by atoms with Gasteiger partial charge in [-0.15, -0.1) is 0 Å². The van der Waals surface area contributed by atoms with Crippen LogP contribution in [0.3, 0.4) is 0 Å². The van der Waals surface area contributed by atoms with Crippen LogP contribution in [-0.4, -0.2) is 11.7 Å². The van der Waals surface area contributed by atoms with Crippen LogP contribution in [0.2, 0.25) is 0 Å². The molecule has 0 saturated heterocycles. The average Bonchev–Trinajstić information content (AvgIpc) is 2.24. The number of phenolic OH excluding ortho intramolecular Hbond substituents is 1. The van der Waals surface area contributed by atoms with Crippen LogP contribution in [0, 0.1) is 6.92 Å². The van der Waals surface area contributed by atoms with Gasteiger partial charge in [0.15, 0.2) is 0 Å². The lowest BCUT2D eigenvalue weighted by Crippen LogP contribution is -1.81. The summed E-state index contributed by atoms with van der Waals surface area (Å²) in [6.07, 6.45) is 4.55. The predicted molar refractivity (Wildman–Crippen MR) is 60.5 cm³/mol. The quantitative estimate of drug-likeness (QED) is 0.346. The summed E-state index contributed by atoms with van der Waals surface area (Å²) in [6.45, 7) is 2.33. The standard InChI is InChI=1S/C11H13N3O/c1-9-10(6-4-7-11(9)15)5-2-3-8-13-14-12/h2,4-7,15H,3,8H2,1H3. The Balaban J connectivity index is 2.64. The molecular formula is C11H13N3O. The second-order valence-electron chi connectivity index (χ2n) is 3.14. The van der Waals surface area contributed by atoms with Crippen LogP contribution in [0.15, 0.2) is 29.4 Å². The van der Waals surface area contributed by atoms with E-state index in [1.807, 2.05) is 25.1 Å². The maximum Gasteiger partial charge on any atom is 0.119 e. The van der Waals surface area contributed by atoms with E-state index in [2.05, 4.69) is 10.0 Å². The van der Waals surface area contributed by atoms with E-state index in [4.69, 9.17) is 5.53 Å². The molecule has 0 saturated carbocycles. The molecule has 0 heterocycles. The van der Waals surface area contributed by atoms with Crippen LogP contribution in [0.5, 0.6) is 5.75 Å². The second kappa shape index (κ2) is 5.73. The molecule has 0 bridgehead atoms. The summed E-state index contributed by atoms with van der Waals surface area (Å²) in [5.74, 6) is 0.298. The molecule has 0 fully saturated rings. The van der Waals surface area contributed by atoms with Gasteiger partial charge >= 0.3 is 0 Å². The van der Waals surface area contributed by atoms with Gasteiger partial charge in [0.1, 0.15) is 5.75 Å². The molecule has 0 aliphatic carbocycles. The van der Waals surface area contributed by atoms with E-state index >= 15 is 0 Å². The van der Waals surface area contributed by atoms with E-state index in [0.717, 1.165) is 11.1 Å². The van der Waals surface area contributed by atoms with Crippen molar-refractivity contribution in [2.75, 3.05) is 6.54 Å². The van der Waals surface area contributed by atoms with Gasteiger partial charge in [0.2, 0.25) is 0 Å². The van der Waals surface area contributed by atoms with Crippen molar-refractivity contribution in [3.63, 3.8) is 0 Å². The van der Waals surface area contributed by atoms with E-state index in [-0.39, 0.29) is 0 Å². The lowest BCUT2D eigenvalue weighted by atomic mass is 10.1. The summed E-state index contributed by atoms with van der Waals surface area (Å²) in [7, 11) is 0. The highest BCUT2D eigenvalue weighted by Crippen LogP contribution is 2.20. The van der Waals surface area contributed by atoms with Crippen molar-refractivity contribution in [1.29, 1.82) is 0 Å². The molecule has 0 amide bonds. The number of nitrogens with zero attached hydrogens (tertiary/aromatic N) is 3. The molecule has 4 heteroatoms. The Labute approximate surface area is 88.5 Å². The van der Waals surface area contributed by atoms with Gasteiger partial charge in [0.25, 0.3) is 0 Å². The molecule has 0 aliphatic heterocycles. The van der Waals surface area contributed by atoms with Crippen molar-refractivity contribution in [2.24, 2.45) is 5.11 Å². The smallest absolute Gasteiger partial charge is 0.119 e. The normalized spacial score (nSPS) is 10.2. The first-order valence-corrected chi connectivity index (χ1v) is 4.71. The summed E-state index contributed by atoms with van der Waals surface area (Å²) in [5.41, 5.74) is 9.91. The fourth-order valence-corrected chi connectivity index (χ4v) is 1.21. The summed E-state index contributed by atoms with van der Waals surface area (Å²) < 4.78 is 0. The highest BCUT2D eigenvalue weighted by atomic mass is 16.3. The molecule has 0 spiro atoms. The fourth-order valence-electron chi connectivity index (χ4n) is 1.21. The van der Waals surface area contributed by atoms with Crippen molar-refractivity contribution in [3.8, 4) is 5.75 Å². The Hall–Kier alpha value is -1.93. The third kappa shape index (κ3) is 3.37. The van der Waals surface area contributed by atoms with Gasteiger partial charge in [-0.1, -0.05) is 29.4 Å². The van der Waals surface area contributed by atoms with E-state index < -0.39 is 0 Å². The zero-order chi connectivity index (χ0) is 11.1. The lowest BCUT2D eigenvalue weighted by molar-refractivity contribution is 0.471. The Kier molecular flexibility index (Phi) is 4.26. The molecular weight excluding hydrogens is 190 g/mol. The Morgan fingerprint density at radius 3 is 3.07 bits per heavy atom. The molecule has 4 nitrogen and oxygen atoms in total. The first-order valence-electron chi connectivity index (χ1n) is 4.71. The molecule has 1 aromatic rings. The van der Waals surface area contributed by atoms with Gasteiger partial charge in [-0.05, 0) is 36.1 Å². The maximum absolute atomic E-state index is 9.44.